The van der Waals surface area contributed by atoms with Crippen molar-refractivity contribution in [3.63, 3.8) is 0 Å². The summed E-state index contributed by atoms with van der Waals surface area (Å²) in [5.41, 5.74) is -1.03. The molecule has 4 nitrogen and oxygen atoms in total. The maximum absolute atomic E-state index is 10.6. The summed E-state index contributed by atoms with van der Waals surface area (Å²) in [5, 5.41) is 8.56. The first-order valence-electron chi connectivity index (χ1n) is 3.29. The Hall–Kier alpha value is -0.600. The second-order valence-corrected chi connectivity index (χ2v) is 4.32. The van der Waals surface area contributed by atoms with Gasteiger partial charge >= 0.3 is 0 Å². The van der Waals surface area contributed by atoms with Crippen LogP contribution < -0.4 is 0 Å². The van der Waals surface area contributed by atoms with E-state index < -0.39 is 15.7 Å². The summed E-state index contributed by atoms with van der Waals surface area (Å²) in [6.45, 7) is 0. The molecule has 0 spiro atoms. The van der Waals surface area contributed by atoms with Gasteiger partial charge in [0.15, 0.2) is 5.60 Å². The number of nitrogens with zero attached hydrogens (tertiary/aromatic N) is 1. The third kappa shape index (κ3) is 1.91. The molecule has 1 fully saturated rings. The molecule has 1 aliphatic rings. The largest absolute Gasteiger partial charge is 0.265 e. The van der Waals surface area contributed by atoms with Crippen LogP contribution >= 0.6 is 0 Å². The van der Waals surface area contributed by atoms with E-state index in [4.69, 9.17) is 5.26 Å². The highest BCUT2D eigenvalue weighted by molar-refractivity contribution is 7.86. The third-order valence-corrected chi connectivity index (χ3v) is 2.30. The highest BCUT2D eigenvalue weighted by Crippen LogP contribution is 2.35. The molecule has 0 saturated heterocycles. The molecule has 1 saturated carbocycles. The molecule has 0 aliphatic heterocycles. The summed E-state index contributed by atoms with van der Waals surface area (Å²) < 4.78 is 25.9. The number of nitriles is 1. The molecule has 11 heavy (non-hydrogen) atoms. The van der Waals surface area contributed by atoms with Crippen molar-refractivity contribution in [3.8, 4) is 6.07 Å². The lowest BCUT2D eigenvalue weighted by Crippen LogP contribution is -2.40. The maximum Gasteiger partial charge on any atom is 0.265 e. The van der Waals surface area contributed by atoms with Crippen molar-refractivity contribution < 1.29 is 12.6 Å². The quantitative estimate of drug-likeness (QED) is 0.570. The molecule has 0 N–H and O–H groups in total. The van der Waals surface area contributed by atoms with Crippen LogP contribution in [0.15, 0.2) is 0 Å². The SMILES string of the molecule is CS(=O)(=O)OC1(C#N)CCC1. The fraction of sp³-hybridized carbons (Fsp3) is 0.833. The average Bonchev–Trinajstić information content (AvgIpc) is 1.77. The Kier molecular flexibility index (Phi) is 1.90. The Bertz CT molecular complexity index is 283. The Morgan fingerprint density at radius 3 is 2.18 bits per heavy atom. The molecule has 0 heterocycles. The predicted octanol–water partition coefficient (Wildman–Crippen LogP) is 0.409. The molecule has 0 atom stereocenters. The second-order valence-electron chi connectivity index (χ2n) is 2.75. The lowest BCUT2D eigenvalue weighted by Gasteiger charge is -2.32. The molecule has 0 aromatic heterocycles. The van der Waals surface area contributed by atoms with E-state index in [9.17, 15) is 8.42 Å². The van der Waals surface area contributed by atoms with Crippen LogP contribution in [0, 0.1) is 11.3 Å². The average molecular weight is 175 g/mol. The van der Waals surface area contributed by atoms with Gasteiger partial charge in [-0.05, 0) is 19.3 Å². The van der Waals surface area contributed by atoms with Gasteiger partial charge in [0, 0.05) is 0 Å². The zero-order valence-corrected chi connectivity index (χ0v) is 7.02. The van der Waals surface area contributed by atoms with Crippen LogP contribution in [-0.4, -0.2) is 20.3 Å². The van der Waals surface area contributed by atoms with E-state index in [2.05, 4.69) is 4.18 Å². The van der Waals surface area contributed by atoms with Gasteiger partial charge in [-0.25, -0.2) is 4.18 Å². The minimum atomic E-state index is -3.48. The molecule has 0 amide bonds. The van der Waals surface area contributed by atoms with E-state index in [1.165, 1.54) is 0 Å². The van der Waals surface area contributed by atoms with Gasteiger partial charge in [-0.2, -0.15) is 13.7 Å². The van der Waals surface area contributed by atoms with Crippen molar-refractivity contribution in [2.45, 2.75) is 24.9 Å². The minimum absolute atomic E-state index is 0.524. The fourth-order valence-corrected chi connectivity index (χ4v) is 1.78. The first kappa shape index (κ1) is 8.50. The molecule has 0 bridgehead atoms. The molecule has 0 aromatic carbocycles. The van der Waals surface area contributed by atoms with E-state index in [1.54, 1.807) is 0 Å². The molecule has 0 aromatic rings. The van der Waals surface area contributed by atoms with Crippen molar-refractivity contribution in [1.29, 1.82) is 5.26 Å². The summed E-state index contributed by atoms with van der Waals surface area (Å²) >= 11 is 0. The Labute approximate surface area is 65.9 Å². The monoisotopic (exact) mass is 175 g/mol. The zero-order valence-electron chi connectivity index (χ0n) is 6.20. The van der Waals surface area contributed by atoms with Crippen LogP contribution in [0.5, 0.6) is 0 Å². The molecule has 0 unspecified atom stereocenters. The van der Waals surface area contributed by atoms with Crippen molar-refractivity contribution in [2.24, 2.45) is 0 Å². The zero-order chi connectivity index (χ0) is 8.54. The lowest BCUT2D eigenvalue weighted by molar-refractivity contribution is 0.0560. The summed E-state index contributed by atoms with van der Waals surface area (Å²) in [6, 6.07) is 1.87. The number of hydrogen-bond donors (Lipinski definition) is 0. The highest BCUT2D eigenvalue weighted by Gasteiger charge is 2.41. The molecular formula is C6H9NO3S. The summed E-state index contributed by atoms with van der Waals surface area (Å²) in [6.07, 6.45) is 2.88. The number of hydrogen-bond acceptors (Lipinski definition) is 4. The summed E-state index contributed by atoms with van der Waals surface area (Å²) in [4.78, 5) is 0. The van der Waals surface area contributed by atoms with Gasteiger partial charge in [-0.3, -0.25) is 0 Å². The Morgan fingerprint density at radius 1 is 1.55 bits per heavy atom. The van der Waals surface area contributed by atoms with Crippen LogP contribution in [0.1, 0.15) is 19.3 Å². The van der Waals surface area contributed by atoms with Crippen LogP contribution in [-0.2, 0) is 14.3 Å². The van der Waals surface area contributed by atoms with E-state index in [-0.39, 0.29) is 0 Å². The van der Waals surface area contributed by atoms with Crippen molar-refractivity contribution in [2.75, 3.05) is 6.26 Å². The van der Waals surface area contributed by atoms with Crippen molar-refractivity contribution >= 4 is 10.1 Å². The first-order valence-corrected chi connectivity index (χ1v) is 5.11. The second kappa shape index (κ2) is 2.47. The van der Waals surface area contributed by atoms with Crippen LogP contribution in [0.25, 0.3) is 0 Å². The smallest absolute Gasteiger partial charge is 0.248 e. The molecule has 5 heteroatoms. The maximum atomic E-state index is 10.6. The van der Waals surface area contributed by atoms with Gasteiger partial charge in [-0.1, -0.05) is 0 Å². The summed E-state index contributed by atoms with van der Waals surface area (Å²) in [7, 11) is -3.48. The van der Waals surface area contributed by atoms with Crippen LogP contribution in [0.4, 0.5) is 0 Å². The predicted molar refractivity (Wildman–Crippen MR) is 38.1 cm³/mol. The summed E-state index contributed by atoms with van der Waals surface area (Å²) in [5.74, 6) is 0. The van der Waals surface area contributed by atoms with Crippen LogP contribution in [0.3, 0.4) is 0 Å². The molecular weight excluding hydrogens is 166 g/mol. The van der Waals surface area contributed by atoms with Gasteiger partial charge in [0.2, 0.25) is 0 Å². The van der Waals surface area contributed by atoms with Crippen molar-refractivity contribution in [3.05, 3.63) is 0 Å². The third-order valence-electron chi connectivity index (χ3n) is 1.68. The first-order chi connectivity index (χ1) is 4.97. The molecule has 0 radical (unpaired) electrons. The standard InChI is InChI=1S/C6H9NO3S/c1-11(8,9)10-6(5-7)3-2-4-6/h2-4H2,1H3. The van der Waals surface area contributed by atoms with E-state index in [0.717, 1.165) is 12.7 Å². The number of rotatable bonds is 2. The van der Waals surface area contributed by atoms with E-state index in [1.807, 2.05) is 6.07 Å². The topological polar surface area (TPSA) is 67.2 Å². The fourth-order valence-electron chi connectivity index (χ4n) is 1.00. The lowest BCUT2D eigenvalue weighted by atomic mass is 9.82. The van der Waals surface area contributed by atoms with Gasteiger partial charge < -0.3 is 0 Å². The van der Waals surface area contributed by atoms with Gasteiger partial charge in [0.25, 0.3) is 10.1 Å². The van der Waals surface area contributed by atoms with Gasteiger partial charge in [0.05, 0.1) is 12.3 Å². The van der Waals surface area contributed by atoms with Crippen LogP contribution in [0.2, 0.25) is 0 Å². The Morgan fingerprint density at radius 2 is 2.09 bits per heavy atom. The molecule has 1 aliphatic carbocycles. The minimum Gasteiger partial charge on any atom is -0.248 e. The van der Waals surface area contributed by atoms with E-state index in [0.29, 0.717) is 12.8 Å². The molecule has 1 rings (SSSR count). The van der Waals surface area contributed by atoms with E-state index >= 15 is 0 Å². The Balaban J connectivity index is 2.69. The normalized spacial score (nSPS) is 21.8. The van der Waals surface area contributed by atoms with Crippen molar-refractivity contribution in [1.82, 2.24) is 0 Å². The van der Waals surface area contributed by atoms with Gasteiger partial charge in [-0.15, -0.1) is 0 Å². The highest BCUT2D eigenvalue weighted by atomic mass is 32.2. The van der Waals surface area contributed by atoms with Gasteiger partial charge in [0.1, 0.15) is 0 Å². The molecule has 62 valence electrons.